The van der Waals surface area contributed by atoms with Gasteiger partial charge in [-0.05, 0) is 40.8 Å². The summed E-state index contributed by atoms with van der Waals surface area (Å²) in [5.74, 6) is 0.526. The number of carbonyl (C=O) groups is 2. The molecule has 2 aliphatic heterocycles. The van der Waals surface area contributed by atoms with Crippen LogP contribution in [0.5, 0.6) is 0 Å². The Labute approximate surface area is 171 Å². The van der Waals surface area contributed by atoms with E-state index < -0.39 is 0 Å². The van der Waals surface area contributed by atoms with Crippen LogP contribution < -0.4 is 5.32 Å². The molecule has 1 atom stereocenters. The molecule has 0 aromatic carbocycles. The third-order valence-electron chi connectivity index (χ3n) is 5.44. The standard InChI is InChI=1S/C21H19N3O2S2/c1-21(2)10-14-17(19(26)13(21)9-12-5-3-7-27-12)18(15-6-4-8-28-15)24-11-16(25)23-20(24)22-14/h3-9,18H,10-11H2,1-2H3,(H,22,23,25). The molecule has 0 bridgehead atoms. The molecule has 2 aromatic rings. The summed E-state index contributed by atoms with van der Waals surface area (Å²) in [6.45, 7) is 4.40. The van der Waals surface area contributed by atoms with Gasteiger partial charge in [0.1, 0.15) is 6.54 Å². The first-order valence-corrected chi connectivity index (χ1v) is 10.9. The van der Waals surface area contributed by atoms with E-state index in [1.54, 1.807) is 22.7 Å². The van der Waals surface area contributed by atoms with Crippen LogP contribution in [-0.4, -0.2) is 29.1 Å². The van der Waals surface area contributed by atoms with Crippen molar-refractivity contribution in [2.24, 2.45) is 10.4 Å². The minimum Gasteiger partial charge on any atom is -0.321 e. The highest BCUT2D eigenvalue weighted by Crippen LogP contribution is 2.49. The molecule has 5 nitrogen and oxygen atoms in total. The molecule has 0 spiro atoms. The van der Waals surface area contributed by atoms with Gasteiger partial charge in [0.25, 0.3) is 0 Å². The van der Waals surface area contributed by atoms with Crippen LogP contribution >= 0.6 is 22.7 Å². The van der Waals surface area contributed by atoms with E-state index in [9.17, 15) is 9.59 Å². The van der Waals surface area contributed by atoms with Gasteiger partial charge in [-0.3, -0.25) is 14.9 Å². The first-order valence-electron chi connectivity index (χ1n) is 9.16. The van der Waals surface area contributed by atoms with Crippen LogP contribution in [0.3, 0.4) is 0 Å². The minimum absolute atomic E-state index is 0.0419. The molecule has 1 unspecified atom stereocenters. The Morgan fingerprint density at radius 2 is 2.00 bits per heavy atom. The van der Waals surface area contributed by atoms with E-state index >= 15 is 0 Å². The molecule has 5 rings (SSSR count). The summed E-state index contributed by atoms with van der Waals surface area (Å²) in [4.78, 5) is 34.6. The number of fused-ring (bicyclic) bond motifs is 1. The number of aliphatic imine (C=N–C) groups is 1. The van der Waals surface area contributed by atoms with Crippen molar-refractivity contribution in [3.8, 4) is 0 Å². The van der Waals surface area contributed by atoms with Gasteiger partial charge >= 0.3 is 0 Å². The van der Waals surface area contributed by atoms with Crippen LogP contribution in [0.2, 0.25) is 0 Å². The Balaban J connectivity index is 1.68. The predicted octanol–water partition coefficient (Wildman–Crippen LogP) is 3.99. The highest BCUT2D eigenvalue weighted by atomic mass is 32.1. The van der Waals surface area contributed by atoms with Gasteiger partial charge in [0, 0.05) is 20.9 Å². The first kappa shape index (κ1) is 17.6. The Morgan fingerprint density at radius 1 is 1.21 bits per heavy atom. The van der Waals surface area contributed by atoms with Crippen molar-refractivity contribution in [1.29, 1.82) is 0 Å². The largest absolute Gasteiger partial charge is 0.321 e. The van der Waals surface area contributed by atoms with Crippen molar-refractivity contribution in [1.82, 2.24) is 10.2 Å². The van der Waals surface area contributed by atoms with Crippen LogP contribution in [0.1, 0.15) is 36.1 Å². The van der Waals surface area contributed by atoms with Gasteiger partial charge in [0.15, 0.2) is 5.78 Å². The lowest BCUT2D eigenvalue weighted by Gasteiger charge is -2.40. The second-order valence-corrected chi connectivity index (χ2v) is 9.81. The SMILES string of the molecule is CC1(C)CC2=C(C(=O)C1=Cc1cccs1)C(c1cccs1)N1CC(=O)NC1=N2. The zero-order valence-corrected chi connectivity index (χ0v) is 17.2. The van der Waals surface area contributed by atoms with Gasteiger partial charge in [-0.15, -0.1) is 22.7 Å². The number of rotatable bonds is 2. The molecule has 1 N–H and O–H groups in total. The second kappa shape index (κ2) is 6.25. The predicted molar refractivity (Wildman–Crippen MR) is 112 cm³/mol. The lowest BCUT2D eigenvalue weighted by Crippen LogP contribution is -2.43. The van der Waals surface area contributed by atoms with Gasteiger partial charge in [0.05, 0.1) is 11.7 Å². The number of amides is 1. The summed E-state index contributed by atoms with van der Waals surface area (Å²) < 4.78 is 0. The Bertz CT molecular complexity index is 1060. The van der Waals surface area contributed by atoms with Gasteiger partial charge in [-0.1, -0.05) is 26.0 Å². The fourth-order valence-corrected chi connectivity index (χ4v) is 5.65. The van der Waals surface area contributed by atoms with E-state index in [2.05, 4.69) is 19.2 Å². The van der Waals surface area contributed by atoms with Crippen LogP contribution in [0, 0.1) is 5.41 Å². The number of carbonyl (C=O) groups excluding carboxylic acids is 2. The summed E-state index contributed by atoms with van der Waals surface area (Å²) in [5, 5.41) is 6.88. The molecule has 7 heteroatoms. The minimum atomic E-state index is -0.325. The zero-order valence-electron chi connectivity index (χ0n) is 15.6. The van der Waals surface area contributed by atoms with Crippen molar-refractivity contribution in [3.05, 3.63) is 61.6 Å². The van der Waals surface area contributed by atoms with Crippen LogP contribution in [0.4, 0.5) is 0 Å². The van der Waals surface area contributed by atoms with Crippen LogP contribution in [0.25, 0.3) is 6.08 Å². The zero-order chi connectivity index (χ0) is 19.5. The highest BCUT2D eigenvalue weighted by Gasteiger charge is 2.47. The molecule has 1 amide bonds. The lowest BCUT2D eigenvalue weighted by atomic mass is 9.69. The Hall–Kier alpha value is -2.51. The van der Waals surface area contributed by atoms with Gasteiger partial charge in [0.2, 0.25) is 11.9 Å². The molecule has 28 heavy (non-hydrogen) atoms. The molecule has 0 saturated carbocycles. The van der Waals surface area contributed by atoms with Gasteiger partial charge in [-0.25, -0.2) is 4.99 Å². The Morgan fingerprint density at radius 3 is 2.71 bits per heavy atom. The molecule has 1 saturated heterocycles. The summed E-state index contributed by atoms with van der Waals surface area (Å²) in [6.07, 6.45) is 2.69. The molecule has 2 aromatic heterocycles. The smallest absolute Gasteiger partial charge is 0.246 e. The van der Waals surface area contributed by atoms with Gasteiger partial charge < -0.3 is 4.90 Å². The number of guanidine groups is 1. The number of allylic oxidation sites excluding steroid dienone is 2. The Kier molecular flexibility index (Phi) is 3.93. The van der Waals surface area contributed by atoms with Gasteiger partial charge in [-0.2, -0.15) is 0 Å². The molecule has 142 valence electrons. The molecular weight excluding hydrogens is 390 g/mol. The van der Waals surface area contributed by atoms with Crippen LogP contribution in [0.15, 0.2) is 56.9 Å². The van der Waals surface area contributed by atoms with E-state index in [-0.39, 0.29) is 29.7 Å². The normalized spacial score (nSPS) is 24.9. The molecular formula is C21H19N3O2S2. The maximum Gasteiger partial charge on any atom is 0.246 e. The van der Waals surface area contributed by atoms with Crippen LogP contribution in [-0.2, 0) is 9.59 Å². The average Bonchev–Trinajstić information content (AvgIpc) is 3.37. The van der Waals surface area contributed by atoms with E-state index in [4.69, 9.17) is 4.99 Å². The molecule has 0 radical (unpaired) electrons. The second-order valence-electron chi connectivity index (χ2n) is 7.85. The summed E-state index contributed by atoms with van der Waals surface area (Å²) in [5.41, 5.74) is 2.00. The summed E-state index contributed by atoms with van der Waals surface area (Å²) in [6, 6.07) is 7.77. The fourth-order valence-electron chi connectivity index (χ4n) is 4.15. The first-order chi connectivity index (χ1) is 13.4. The number of ketones is 1. The quantitative estimate of drug-likeness (QED) is 0.763. The van der Waals surface area contributed by atoms with Crippen molar-refractivity contribution >= 4 is 46.4 Å². The fraction of sp³-hybridized carbons (Fsp3) is 0.286. The number of hydrogen-bond donors (Lipinski definition) is 1. The van der Waals surface area contributed by atoms with E-state index in [1.165, 1.54) is 0 Å². The number of nitrogens with zero attached hydrogens (tertiary/aromatic N) is 2. The number of Topliss-reactive ketones (excluding diaryl/α,β-unsaturated/α-hetero) is 1. The third kappa shape index (κ3) is 2.69. The molecule has 3 aliphatic rings. The topological polar surface area (TPSA) is 61.8 Å². The number of thiophene rings is 2. The number of nitrogens with one attached hydrogen (secondary N) is 1. The van der Waals surface area contributed by atoms with E-state index in [0.717, 1.165) is 21.0 Å². The molecule has 1 fully saturated rings. The summed E-state index contributed by atoms with van der Waals surface area (Å²) >= 11 is 3.23. The van der Waals surface area contributed by atoms with E-state index in [0.29, 0.717) is 18.0 Å². The maximum atomic E-state index is 13.8. The van der Waals surface area contributed by atoms with Crippen molar-refractivity contribution < 1.29 is 9.59 Å². The third-order valence-corrected chi connectivity index (χ3v) is 7.19. The van der Waals surface area contributed by atoms with Crippen molar-refractivity contribution in [2.45, 2.75) is 26.3 Å². The number of hydrogen-bond acceptors (Lipinski definition) is 6. The highest BCUT2D eigenvalue weighted by molar-refractivity contribution is 7.11. The van der Waals surface area contributed by atoms with Crippen molar-refractivity contribution in [2.75, 3.05) is 6.54 Å². The molecule has 4 heterocycles. The van der Waals surface area contributed by atoms with E-state index in [1.807, 2.05) is 46.0 Å². The lowest BCUT2D eigenvalue weighted by molar-refractivity contribution is -0.119. The average molecular weight is 410 g/mol. The van der Waals surface area contributed by atoms with Crippen molar-refractivity contribution in [3.63, 3.8) is 0 Å². The maximum absolute atomic E-state index is 13.8. The molecule has 1 aliphatic carbocycles. The summed E-state index contributed by atoms with van der Waals surface area (Å²) in [7, 11) is 0. The monoisotopic (exact) mass is 409 g/mol.